The summed E-state index contributed by atoms with van der Waals surface area (Å²) in [5.74, 6) is -0.180. The lowest BCUT2D eigenvalue weighted by Gasteiger charge is -2.11. The van der Waals surface area contributed by atoms with Crippen molar-refractivity contribution in [1.29, 1.82) is 0 Å². The molecule has 0 spiro atoms. The van der Waals surface area contributed by atoms with E-state index in [1.165, 1.54) is 7.11 Å². The molecule has 1 aromatic heterocycles. The van der Waals surface area contributed by atoms with Crippen molar-refractivity contribution >= 4 is 16.7 Å². The summed E-state index contributed by atoms with van der Waals surface area (Å²) in [6.45, 7) is 2.22. The summed E-state index contributed by atoms with van der Waals surface area (Å²) in [6.07, 6.45) is 0. The van der Waals surface area contributed by atoms with Gasteiger partial charge in [0.15, 0.2) is 11.4 Å². The van der Waals surface area contributed by atoms with Gasteiger partial charge in [-0.2, -0.15) is 0 Å². The van der Waals surface area contributed by atoms with E-state index < -0.39 is 5.97 Å². The lowest BCUT2D eigenvalue weighted by Crippen LogP contribution is -2.06. The molecule has 24 heavy (non-hydrogen) atoms. The van der Waals surface area contributed by atoms with Gasteiger partial charge in [0, 0.05) is 16.5 Å². The van der Waals surface area contributed by atoms with Gasteiger partial charge in [-0.15, -0.1) is 0 Å². The van der Waals surface area contributed by atoms with Gasteiger partial charge in [-0.25, -0.2) is 9.78 Å². The van der Waals surface area contributed by atoms with E-state index in [2.05, 4.69) is 9.72 Å². The Kier molecular flexibility index (Phi) is 4.33. The summed E-state index contributed by atoms with van der Waals surface area (Å²) < 4.78 is 10.4. The Morgan fingerprint density at radius 2 is 1.88 bits per heavy atom. The molecule has 3 rings (SSSR count). The maximum atomic E-state index is 11.7. The van der Waals surface area contributed by atoms with Gasteiger partial charge in [-0.3, -0.25) is 0 Å². The van der Waals surface area contributed by atoms with Crippen LogP contribution in [0.4, 0.5) is 0 Å². The standard InChI is InChI=1S/C19H17NO4/c1-12-16-10-14(24-11-13-6-4-3-5-7-13)8-9-15(16)18(21)17(20-12)19(22)23-2/h3-10,21H,11H2,1-2H3. The summed E-state index contributed by atoms with van der Waals surface area (Å²) >= 11 is 0. The van der Waals surface area contributed by atoms with Gasteiger partial charge in [-0.1, -0.05) is 30.3 Å². The Morgan fingerprint density at radius 1 is 1.12 bits per heavy atom. The fraction of sp³-hybridized carbons (Fsp3) is 0.158. The van der Waals surface area contributed by atoms with Crippen LogP contribution in [0.5, 0.6) is 11.5 Å². The topological polar surface area (TPSA) is 68.7 Å². The van der Waals surface area contributed by atoms with E-state index in [0.29, 0.717) is 23.4 Å². The number of esters is 1. The van der Waals surface area contributed by atoms with Crippen LogP contribution in [-0.2, 0) is 11.3 Å². The molecule has 0 atom stereocenters. The second kappa shape index (κ2) is 6.58. The molecule has 3 aromatic rings. The second-order valence-electron chi connectivity index (χ2n) is 5.37. The number of carbonyl (C=O) groups excluding carboxylic acids is 1. The molecule has 0 saturated carbocycles. The lowest BCUT2D eigenvalue weighted by molar-refractivity contribution is 0.0590. The molecule has 0 bridgehead atoms. The largest absolute Gasteiger partial charge is 0.505 e. The van der Waals surface area contributed by atoms with Crippen molar-refractivity contribution in [2.24, 2.45) is 0 Å². The molecule has 0 fully saturated rings. The SMILES string of the molecule is COC(=O)c1nc(C)c2cc(OCc3ccccc3)ccc2c1O. The molecular weight excluding hydrogens is 306 g/mol. The third-order valence-electron chi connectivity index (χ3n) is 3.77. The average molecular weight is 323 g/mol. The predicted molar refractivity (Wildman–Crippen MR) is 90.3 cm³/mol. The van der Waals surface area contributed by atoms with E-state index in [0.717, 1.165) is 10.9 Å². The van der Waals surface area contributed by atoms with Gasteiger partial charge in [0.2, 0.25) is 0 Å². The Hall–Kier alpha value is -3.08. The first-order valence-corrected chi connectivity index (χ1v) is 7.48. The van der Waals surface area contributed by atoms with Gasteiger partial charge >= 0.3 is 5.97 Å². The van der Waals surface area contributed by atoms with Gasteiger partial charge in [0.05, 0.1) is 7.11 Å². The number of aromatic hydroxyl groups is 1. The van der Waals surface area contributed by atoms with E-state index in [1.807, 2.05) is 30.3 Å². The minimum Gasteiger partial charge on any atom is -0.505 e. The van der Waals surface area contributed by atoms with Crippen LogP contribution in [0.25, 0.3) is 10.8 Å². The smallest absolute Gasteiger partial charge is 0.360 e. The molecule has 1 N–H and O–H groups in total. The van der Waals surface area contributed by atoms with Crippen LogP contribution < -0.4 is 4.74 Å². The van der Waals surface area contributed by atoms with Crippen LogP contribution in [-0.4, -0.2) is 23.2 Å². The Labute approximate surface area is 139 Å². The van der Waals surface area contributed by atoms with Crippen molar-refractivity contribution in [3.63, 3.8) is 0 Å². The van der Waals surface area contributed by atoms with Gasteiger partial charge in [0.25, 0.3) is 0 Å². The molecule has 0 aliphatic rings. The molecule has 0 radical (unpaired) electrons. The number of hydrogen-bond acceptors (Lipinski definition) is 5. The van der Waals surface area contributed by atoms with Crippen molar-refractivity contribution < 1.29 is 19.4 Å². The highest BCUT2D eigenvalue weighted by Gasteiger charge is 2.18. The van der Waals surface area contributed by atoms with Crippen LogP contribution >= 0.6 is 0 Å². The van der Waals surface area contributed by atoms with E-state index in [1.54, 1.807) is 25.1 Å². The summed E-state index contributed by atoms with van der Waals surface area (Å²) in [4.78, 5) is 15.8. The number of pyridine rings is 1. The second-order valence-corrected chi connectivity index (χ2v) is 5.37. The quantitative estimate of drug-likeness (QED) is 0.743. The third kappa shape index (κ3) is 3.01. The van der Waals surface area contributed by atoms with Crippen molar-refractivity contribution in [3.05, 3.63) is 65.5 Å². The molecule has 122 valence electrons. The fourth-order valence-electron chi connectivity index (χ4n) is 2.51. The molecule has 0 aliphatic carbocycles. The summed E-state index contributed by atoms with van der Waals surface area (Å²) in [6, 6.07) is 15.1. The monoisotopic (exact) mass is 323 g/mol. The van der Waals surface area contributed by atoms with Crippen LogP contribution in [0.15, 0.2) is 48.5 Å². The molecule has 1 heterocycles. The number of nitrogens with zero attached hydrogens (tertiary/aromatic N) is 1. The van der Waals surface area contributed by atoms with Crippen molar-refractivity contribution in [3.8, 4) is 11.5 Å². The number of fused-ring (bicyclic) bond motifs is 1. The maximum absolute atomic E-state index is 11.7. The summed E-state index contributed by atoms with van der Waals surface area (Å²) in [5.41, 5.74) is 1.60. The molecule has 2 aromatic carbocycles. The van der Waals surface area contributed by atoms with E-state index in [-0.39, 0.29) is 11.4 Å². The number of rotatable bonds is 4. The zero-order chi connectivity index (χ0) is 17.1. The first kappa shape index (κ1) is 15.8. The Bertz CT molecular complexity index is 891. The number of aromatic nitrogens is 1. The van der Waals surface area contributed by atoms with Crippen molar-refractivity contribution in [1.82, 2.24) is 4.98 Å². The molecule has 0 aliphatic heterocycles. The van der Waals surface area contributed by atoms with E-state index in [9.17, 15) is 9.90 Å². The van der Waals surface area contributed by atoms with Crippen LogP contribution in [0.3, 0.4) is 0 Å². The number of hydrogen-bond donors (Lipinski definition) is 1. The number of aryl methyl sites for hydroxylation is 1. The highest BCUT2D eigenvalue weighted by molar-refractivity contribution is 6.00. The summed E-state index contributed by atoms with van der Waals surface area (Å²) in [5, 5.41) is 11.5. The minimum atomic E-state index is -0.665. The molecule has 5 nitrogen and oxygen atoms in total. The number of benzene rings is 2. The third-order valence-corrected chi connectivity index (χ3v) is 3.77. The van der Waals surface area contributed by atoms with Crippen LogP contribution in [0.2, 0.25) is 0 Å². The lowest BCUT2D eigenvalue weighted by atomic mass is 10.1. The Balaban J connectivity index is 1.94. The minimum absolute atomic E-state index is 0.0829. The van der Waals surface area contributed by atoms with Crippen molar-refractivity contribution in [2.75, 3.05) is 7.11 Å². The highest BCUT2D eigenvalue weighted by atomic mass is 16.5. The molecular formula is C19H17NO4. The van der Waals surface area contributed by atoms with Crippen LogP contribution in [0.1, 0.15) is 21.7 Å². The average Bonchev–Trinajstić information content (AvgIpc) is 2.63. The number of methoxy groups -OCH3 is 1. The first-order chi connectivity index (χ1) is 11.6. The zero-order valence-electron chi connectivity index (χ0n) is 13.4. The van der Waals surface area contributed by atoms with Crippen molar-refractivity contribution in [2.45, 2.75) is 13.5 Å². The molecule has 5 heteroatoms. The zero-order valence-corrected chi connectivity index (χ0v) is 13.4. The molecule has 0 saturated heterocycles. The molecule has 0 amide bonds. The van der Waals surface area contributed by atoms with E-state index in [4.69, 9.17) is 4.74 Å². The maximum Gasteiger partial charge on any atom is 0.360 e. The highest BCUT2D eigenvalue weighted by Crippen LogP contribution is 2.32. The number of ether oxygens (including phenoxy) is 2. The van der Waals surface area contributed by atoms with Crippen LogP contribution in [0, 0.1) is 6.92 Å². The Morgan fingerprint density at radius 3 is 2.58 bits per heavy atom. The van der Waals surface area contributed by atoms with E-state index >= 15 is 0 Å². The number of carbonyl (C=O) groups is 1. The summed E-state index contributed by atoms with van der Waals surface area (Å²) in [7, 11) is 1.25. The normalized spacial score (nSPS) is 10.6. The van der Waals surface area contributed by atoms with Gasteiger partial charge in [0.1, 0.15) is 12.4 Å². The predicted octanol–water partition coefficient (Wildman–Crippen LogP) is 3.61. The first-order valence-electron chi connectivity index (χ1n) is 7.48. The fourth-order valence-corrected chi connectivity index (χ4v) is 2.51. The van der Waals surface area contributed by atoms with Gasteiger partial charge < -0.3 is 14.6 Å². The van der Waals surface area contributed by atoms with Gasteiger partial charge in [-0.05, 0) is 30.7 Å². The molecule has 0 unspecified atom stereocenters.